The Kier molecular flexibility index (Phi) is 2.84. The van der Waals surface area contributed by atoms with Crippen LogP contribution in [0, 0.1) is 0 Å². The Bertz CT molecular complexity index is 149. The average molecular weight is 158 g/mol. The average Bonchev–Trinajstić information content (AvgIpc) is 2.26. The second kappa shape index (κ2) is 3.69. The highest BCUT2D eigenvalue weighted by atomic mass is 16.5. The molecule has 1 amide bonds. The minimum absolute atomic E-state index is 0.199. The molecule has 0 radical (unpaired) electrons. The number of likely N-dealkylation sites (N-methyl/N-ethyl adjacent to an activating group) is 1. The van der Waals surface area contributed by atoms with E-state index in [2.05, 4.69) is 0 Å². The molecule has 0 unspecified atom stereocenters. The summed E-state index contributed by atoms with van der Waals surface area (Å²) >= 11 is 0. The first-order valence-electron chi connectivity index (χ1n) is 3.69. The van der Waals surface area contributed by atoms with Gasteiger partial charge in [0.05, 0.1) is 19.8 Å². The van der Waals surface area contributed by atoms with Crippen LogP contribution in [0.1, 0.15) is 0 Å². The zero-order valence-electron chi connectivity index (χ0n) is 7.04. The van der Waals surface area contributed by atoms with Crippen molar-refractivity contribution in [3.8, 4) is 0 Å². The van der Waals surface area contributed by atoms with Crippen LogP contribution in [0.15, 0.2) is 0 Å². The molecule has 64 valence electrons. The first-order chi connectivity index (χ1) is 5.24. The summed E-state index contributed by atoms with van der Waals surface area (Å²) in [6, 6.07) is 0. The van der Waals surface area contributed by atoms with Gasteiger partial charge in [-0.05, 0) is 7.05 Å². The van der Waals surface area contributed by atoms with Crippen LogP contribution in [-0.4, -0.2) is 56.2 Å². The normalized spacial score (nSPS) is 19.8. The van der Waals surface area contributed by atoms with E-state index in [-0.39, 0.29) is 5.91 Å². The summed E-state index contributed by atoms with van der Waals surface area (Å²) in [5.74, 6) is 0.199. The van der Waals surface area contributed by atoms with Gasteiger partial charge in [-0.15, -0.1) is 0 Å². The van der Waals surface area contributed by atoms with E-state index in [1.54, 1.807) is 12.0 Å². The lowest BCUT2D eigenvalue weighted by Gasteiger charge is -2.14. The largest absolute Gasteiger partial charge is 0.383 e. The van der Waals surface area contributed by atoms with Gasteiger partial charge in [-0.1, -0.05) is 0 Å². The van der Waals surface area contributed by atoms with Crippen molar-refractivity contribution in [1.29, 1.82) is 0 Å². The Balaban J connectivity index is 2.29. The molecular formula is C7H14N2O2. The molecule has 1 aliphatic heterocycles. The van der Waals surface area contributed by atoms with Crippen LogP contribution in [0.3, 0.4) is 0 Å². The maximum atomic E-state index is 11.1. The number of amides is 1. The van der Waals surface area contributed by atoms with E-state index < -0.39 is 0 Å². The minimum Gasteiger partial charge on any atom is -0.383 e. The van der Waals surface area contributed by atoms with Crippen LogP contribution in [0.5, 0.6) is 0 Å². The van der Waals surface area contributed by atoms with Crippen molar-refractivity contribution < 1.29 is 9.53 Å². The third kappa shape index (κ3) is 2.17. The molecule has 0 bridgehead atoms. The fourth-order valence-electron chi connectivity index (χ4n) is 1.15. The van der Waals surface area contributed by atoms with E-state index in [9.17, 15) is 4.79 Å². The predicted molar refractivity (Wildman–Crippen MR) is 41.1 cm³/mol. The van der Waals surface area contributed by atoms with Gasteiger partial charge in [-0.25, -0.2) is 0 Å². The number of ether oxygens (including phenoxy) is 1. The van der Waals surface area contributed by atoms with Crippen LogP contribution >= 0.6 is 0 Å². The lowest BCUT2D eigenvalue weighted by Crippen LogP contribution is -2.29. The number of nitrogens with zero attached hydrogens (tertiary/aromatic N) is 2. The van der Waals surface area contributed by atoms with Crippen LogP contribution in [0.25, 0.3) is 0 Å². The lowest BCUT2D eigenvalue weighted by molar-refractivity contribution is -0.127. The molecule has 0 aromatic heterocycles. The van der Waals surface area contributed by atoms with E-state index in [0.717, 1.165) is 6.67 Å². The zero-order chi connectivity index (χ0) is 8.27. The molecule has 0 aliphatic carbocycles. The number of carbonyl (C=O) groups excluding carboxylic acids is 1. The van der Waals surface area contributed by atoms with Crippen molar-refractivity contribution in [3.63, 3.8) is 0 Å². The van der Waals surface area contributed by atoms with E-state index in [1.807, 2.05) is 11.9 Å². The topological polar surface area (TPSA) is 32.8 Å². The maximum absolute atomic E-state index is 11.1. The molecule has 0 saturated carbocycles. The monoisotopic (exact) mass is 158 g/mol. The van der Waals surface area contributed by atoms with E-state index >= 15 is 0 Å². The Morgan fingerprint density at radius 3 is 2.82 bits per heavy atom. The lowest BCUT2D eigenvalue weighted by atomic mass is 10.5. The van der Waals surface area contributed by atoms with Gasteiger partial charge >= 0.3 is 0 Å². The molecule has 0 spiro atoms. The fraction of sp³-hybridized carbons (Fsp3) is 0.857. The second-order valence-corrected chi connectivity index (χ2v) is 2.81. The van der Waals surface area contributed by atoms with Gasteiger partial charge in [0.25, 0.3) is 0 Å². The molecule has 1 heterocycles. The number of carbonyl (C=O) groups is 1. The van der Waals surface area contributed by atoms with Gasteiger partial charge in [0.15, 0.2) is 0 Å². The molecule has 1 saturated heterocycles. The van der Waals surface area contributed by atoms with E-state index in [1.165, 1.54) is 0 Å². The standard InChI is InChI=1S/C7H14N2O2/c1-8-5-7(10)9(6-8)3-4-11-2/h3-6H2,1-2H3. The molecule has 1 fully saturated rings. The van der Waals surface area contributed by atoms with Crippen molar-refractivity contribution in [3.05, 3.63) is 0 Å². The van der Waals surface area contributed by atoms with Gasteiger partial charge in [-0.3, -0.25) is 9.69 Å². The highest BCUT2D eigenvalue weighted by Crippen LogP contribution is 2.02. The molecule has 4 heteroatoms. The zero-order valence-corrected chi connectivity index (χ0v) is 7.04. The van der Waals surface area contributed by atoms with Crippen molar-refractivity contribution in [2.24, 2.45) is 0 Å². The molecule has 1 aliphatic rings. The molecule has 4 nitrogen and oxygen atoms in total. The smallest absolute Gasteiger partial charge is 0.237 e. The quantitative estimate of drug-likeness (QED) is 0.548. The van der Waals surface area contributed by atoms with Crippen molar-refractivity contribution in [2.75, 3.05) is 40.5 Å². The van der Waals surface area contributed by atoms with Crippen molar-refractivity contribution >= 4 is 5.91 Å². The first kappa shape index (κ1) is 8.49. The summed E-state index contributed by atoms with van der Waals surface area (Å²) in [5, 5.41) is 0. The van der Waals surface area contributed by atoms with Gasteiger partial charge in [-0.2, -0.15) is 0 Å². The van der Waals surface area contributed by atoms with Gasteiger partial charge in [0.1, 0.15) is 0 Å². The van der Waals surface area contributed by atoms with Gasteiger partial charge in [0, 0.05) is 13.7 Å². The van der Waals surface area contributed by atoms with E-state index in [0.29, 0.717) is 19.7 Å². The van der Waals surface area contributed by atoms with E-state index in [4.69, 9.17) is 4.74 Å². The second-order valence-electron chi connectivity index (χ2n) is 2.81. The minimum atomic E-state index is 0.199. The summed E-state index contributed by atoms with van der Waals surface area (Å²) in [7, 11) is 3.58. The van der Waals surface area contributed by atoms with Gasteiger partial charge in [0.2, 0.25) is 5.91 Å². The third-order valence-electron chi connectivity index (χ3n) is 1.74. The fourth-order valence-corrected chi connectivity index (χ4v) is 1.15. The first-order valence-corrected chi connectivity index (χ1v) is 3.69. The molecule has 11 heavy (non-hydrogen) atoms. The highest BCUT2D eigenvalue weighted by Gasteiger charge is 2.23. The molecule has 0 aromatic rings. The van der Waals surface area contributed by atoms with Crippen LogP contribution in [0.2, 0.25) is 0 Å². The number of hydrogen-bond acceptors (Lipinski definition) is 3. The Hall–Kier alpha value is -0.610. The number of methoxy groups -OCH3 is 1. The van der Waals surface area contributed by atoms with Crippen LogP contribution < -0.4 is 0 Å². The summed E-state index contributed by atoms with van der Waals surface area (Å²) in [6.45, 7) is 2.62. The Morgan fingerprint density at radius 1 is 1.64 bits per heavy atom. The molecular weight excluding hydrogens is 144 g/mol. The van der Waals surface area contributed by atoms with Gasteiger partial charge < -0.3 is 9.64 Å². The Morgan fingerprint density at radius 2 is 2.36 bits per heavy atom. The van der Waals surface area contributed by atoms with Crippen molar-refractivity contribution in [1.82, 2.24) is 9.80 Å². The Labute approximate surface area is 66.7 Å². The molecule has 1 rings (SSSR count). The highest BCUT2D eigenvalue weighted by molar-refractivity contribution is 5.79. The molecule has 0 N–H and O–H groups in total. The van der Waals surface area contributed by atoms with Crippen LogP contribution in [-0.2, 0) is 9.53 Å². The summed E-state index contributed by atoms with van der Waals surface area (Å²) in [6.07, 6.45) is 0. The number of rotatable bonds is 3. The summed E-state index contributed by atoms with van der Waals surface area (Å²) < 4.78 is 4.87. The van der Waals surface area contributed by atoms with Crippen molar-refractivity contribution in [2.45, 2.75) is 0 Å². The third-order valence-corrected chi connectivity index (χ3v) is 1.74. The maximum Gasteiger partial charge on any atom is 0.237 e. The number of hydrogen-bond donors (Lipinski definition) is 0. The molecule has 0 aromatic carbocycles. The van der Waals surface area contributed by atoms with Crippen LogP contribution in [0.4, 0.5) is 0 Å². The summed E-state index contributed by atoms with van der Waals surface area (Å²) in [4.78, 5) is 14.9. The molecule has 0 atom stereocenters. The predicted octanol–water partition coefficient (Wildman–Crippen LogP) is -0.636. The summed E-state index contributed by atoms with van der Waals surface area (Å²) in [5.41, 5.74) is 0. The SMILES string of the molecule is COCCN1CN(C)CC1=O.